The molecule has 2 atom stereocenters. The minimum atomic E-state index is -0.970. The van der Waals surface area contributed by atoms with Gasteiger partial charge in [0.25, 0.3) is 0 Å². The van der Waals surface area contributed by atoms with Crippen LogP contribution in [0.2, 0.25) is 0 Å². The zero-order valence-corrected chi connectivity index (χ0v) is 11.9. The Morgan fingerprint density at radius 1 is 1.29 bits per heavy atom. The molecule has 0 saturated heterocycles. The lowest BCUT2D eigenvalue weighted by atomic mass is 9.82. The number of aliphatic carboxylic acids is 1. The van der Waals surface area contributed by atoms with E-state index in [9.17, 15) is 14.7 Å². The van der Waals surface area contributed by atoms with Crippen molar-refractivity contribution >= 4 is 17.8 Å². The number of nitrogens with one attached hydrogen (secondary N) is 1. The minimum Gasteiger partial charge on any atom is -0.481 e. The molecule has 1 aromatic rings. The summed E-state index contributed by atoms with van der Waals surface area (Å²) in [4.78, 5) is 31.6. The largest absolute Gasteiger partial charge is 0.481 e. The molecule has 0 unspecified atom stereocenters. The standard InChI is InChI=1S/C14H17N3O4/c1-8-7-11(21-2)16-14(15-8)17-12(18)9-5-3-4-6-10(9)13(19)20/h3-4,7,9-10H,5-6H2,1-2H3,(H,19,20)(H,15,16,17,18)/t9-,10+/m0/s1. The molecule has 0 aromatic carbocycles. The molecule has 0 aliphatic heterocycles. The fourth-order valence-corrected chi connectivity index (χ4v) is 2.28. The van der Waals surface area contributed by atoms with Crippen molar-refractivity contribution < 1.29 is 19.4 Å². The van der Waals surface area contributed by atoms with Crippen molar-refractivity contribution in [3.05, 3.63) is 23.9 Å². The van der Waals surface area contributed by atoms with E-state index in [2.05, 4.69) is 15.3 Å². The van der Waals surface area contributed by atoms with Gasteiger partial charge in [-0.05, 0) is 19.8 Å². The highest BCUT2D eigenvalue weighted by atomic mass is 16.5. The van der Waals surface area contributed by atoms with Crippen LogP contribution in [0.15, 0.2) is 18.2 Å². The molecule has 2 N–H and O–H groups in total. The van der Waals surface area contributed by atoms with Gasteiger partial charge in [-0.2, -0.15) is 4.98 Å². The summed E-state index contributed by atoms with van der Waals surface area (Å²) in [5, 5.41) is 11.8. The van der Waals surface area contributed by atoms with Crippen LogP contribution >= 0.6 is 0 Å². The van der Waals surface area contributed by atoms with Gasteiger partial charge in [0.15, 0.2) is 0 Å². The maximum absolute atomic E-state index is 12.3. The summed E-state index contributed by atoms with van der Waals surface area (Å²) in [5.41, 5.74) is 0.649. The Bertz CT molecular complexity index is 586. The van der Waals surface area contributed by atoms with Crippen molar-refractivity contribution in [2.24, 2.45) is 11.8 Å². The van der Waals surface area contributed by atoms with E-state index >= 15 is 0 Å². The molecule has 1 amide bonds. The Morgan fingerprint density at radius 3 is 2.57 bits per heavy atom. The smallest absolute Gasteiger partial charge is 0.307 e. The molecule has 1 aliphatic rings. The normalized spacial score (nSPS) is 20.9. The molecule has 1 heterocycles. The Balaban J connectivity index is 2.15. The Labute approximate surface area is 122 Å². The summed E-state index contributed by atoms with van der Waals surface area (Å²) in [6.45, 7) is 1.75. The van der Waals surface area contributed by atoms with E-state index in [0.717, 1.165) is 0 Å². The van der Waals surface area contributed by atoms with Gasteiger partial charge in [0.05, 0.1) is 18.9 Å². The molecular formula is C14H17N3O4. The van der Waals surface area contributed by atoms with Gasteiger partial charge in [-0.3, -0.25) is 14.9 Å². The zero-order valence-electron chi connectivity index (χ0n) is 11.9. The predicted octanol–water partition coefficient (Wildman–Crippen LogP) is 1.40. The second kappa shape index (κ2) is 6.34. The number of carbonyl (C=O) groups is 2. The number of hydrogen-bond donors (Lipinski definition) is 2. The Morgan fingerprint density at radius 2 is 1.95 bits per heavy atom. The van der Waals surface area contributed by atoms with Gasteiger partial charge in [0, 0.05) is 11.8 Å². The number of ether oxygens (including phenoxy) is 1. The van der Waals surface area contributed by atoms with Crippen LogP contribution in [0.25, 0.3) is 0 Å². The van der Waals surface area contributed by atoms with Crippen LogP contribution in [0, 0.1) is 18.8 Å². The third-order valence-corrected chi connectivity index (χ3v) is 3.36. The van der Waals surface area contributed by atoms with Crippen LogP contribution in [0.3, 0.4) is 0 Å². The van der Waals surface area contributed by atoms with Crippen LogP contribution in [-0.2, 0) is 9.59 Å². The number of hydrogen-bond acceptors (Lipinski definition) is 5. The van der Waals surface area contributed by atoms with Crippen LogP contribution in [0.5, 0.6) is 5.88 Å². The van der Waals surface area contributed by atoms with Gasteiger partial charge in [-0.1, -0.05) is 12.2 Å². The average Bonchev–Trinajstić information content (AvgIpc) is 2.46. The molecule has 1 aromatic heterocycles. The highest BCUT2D eigenvalue weighted by Crippen LogP contribution is 2.27. The number of anilines is 1. The summed E-state index contributed by atoms with van der Waals surface area (Å²) >= 11 is 0. The number of methoxy groups -OCH3 is 1. The van der Waals surface area contributed by atoms with E-state index in [1.54, 1.807) is 19.1 Å². The predicted molar refractivity (Wildman–Crippen MR) is 74.9 cm³/mol. The Kier molecular flexibility index (Phi) is 4.52. The number of amides is 1. The number of rotatable bonds is 4. The van der Waals surface area contributed by atoms with E-state index in [-0.39, 0.29) is 11.9 Å². The van der Waals surface area contributed by atoms with Gasteiger partial charge in [-0.15, -0.1) is 0 Å². The molecule has 1 aliphatic carbocycles. The number of aryl methyl sites for hydroxylation is 1. The first kappa shape index (κ1) is 15.0. The van der Waals surface area contributed by atoms with E-state index < -0.39 is 17.8 Å². The van der Waals surface area contributed by atoms with Gasteiger partial charge >= 0.3 is 5.97 Å². The van der Waals surface area contributed by atoms with Crippen LogP contribution in [0.4, 0.5) is 5.95 Å². The van der Waals surface area contributed by atoms with E-state index in [1.165, 1.54) is 7.11 Å². The van der Waals surface area contributed by atoms with Crippen molar-refractivity contribution in [3.8, 4) is 5.88 Å². The molecule has 0 radical (unpaired) electrons. The van der Waals surface area contributed by atoms with Crippen molar-refractivity contribution in [1.29, 1.82) is 0 Å². The summed E-state index contributed by atoms with van der Waals surface area (Å²) < 4.78 is 5.01. The first-order chi connectivity index (χ1) is 10.0. The Hall–Kier alpha value is -2.44. The van der Waals surface area contributed by atoms with Crippen LogP contribution in [-0.4, -0.2) is 34.1 Å². The summed E-state index contributed by atoms with van der Waals surface area (Å²) in [7, 11) is 1.47. The average molecular weight is 291 g/mol. The number of carboxylic acid groups (broad SMARTS) is 1. The third kappa shape index (κ3) is 3.56. The first-order valence-corrected chi connectivity index (χ1v) is 6.59. The monoisotopic (exact) mass is 291 g/mol. The van der Waals surface area contributed by atoms with Gasteiger partial charge in [0.1, 0.15) is 0 Å². The van der Waals surface area contributed by atoms with Crippen LogP contribution in [0.1, 0.15) is 18.5 Å². The second-order valence-electron chi connectivity index (χ2n) is 4.86. The van der Waals surface area contributed by atoms with E-state index in [1.807, 2.05) is 6.08 Å². The van der Waals surface area contributed by atoms with Crippen molar-refractivity contribution in [1.82, 2.24) is 9.97 Å². The topological polar surface area (TPSA) is 101 Å². The number of nitrogens with zero attached hydrogens (tertiary/aromatic N) is 2. The number of carbonyl (C=O) groups excluding carboxylic acids is 1. The van der Waals surface area contributed by atoms with Crippen molar-refractivity contribution in [3.63, 3.8) is 0 Å². The van der Waals surface area contributed by atoms with Crippen molar-refractivity contribution in [2.45, 2.75) is 19.8 Å². The fraction of sp³-hybridized carbons (Fsp3) is 0.429. The maximum atomic E-state index is 12.3. The highest BCUT2D eigenvalue weighted by molar-refractivity contribution is 5.94. The molecule has 0 fully saturated rings. The SMILES string of the molecule is COc1cc(C)nc(NC(=O)[C@H]2CC=CC[C@H]2C(=O)O)n1. The molecule has 0 bridgehead atoms. The first-order valence-electron chi connectivity index (χ1n) is 6.59. The number of carboxylic acids is 1. The fourth-order valence-electron chi connectivity index (χ4n) is 2.28. The quantitative estimate of drug-likeness (QED) is 0.813. The van der Waals surface area contributed by atoms with Crippen molar-refractivity contribution in [2.75, 3.05) is 12.4 Å². The second-order valence-corrected chi connectivity index (χ2v) is 4.86. The van der Waals surface area contributed by atoms with Gasteiger partial charge < -0.3 is 9.84 Å². The van der Waals surface area contributed by atoms with Gasteiger partial charge in [0.2, 0.25) is 17.7 Å². The summed E-state index contributed by atoms with van der Waals surface area (Å²) in [6, 6.07) is 1.64. The van der Waals surface area contributed by atoms with E-state index in [0.29, 0.717) is 24.4 Å². The molecule has 21 heavy (non-hydrogen) atoms. The number of aromatic nitrogens is 2. The molecular weight excluding hydrogens is 274 g/mol. The molecule has 7 nitrogen and oxygen atoms in total. The molecule has 0 spiro atoms. The highest BCUT2D eigenvalue weighted by Gasteiger charge is 2.34. The summed E-state index contributed by atoms with van der Waals surface area (Å²) in [6.07, 6.45) is 4.35. The molecule has 0 saturated carbocycles. The zero-order chi connectivity index (χ0) is 15.4. The minimum absolute atomic E-state index is 0.121. The lowest BCUT2D eigenvalue weighted by Gasteiger charge is -2.23. The van der Waals surface area contributed by atoms with Crippen LogP contribution < -0.4 is 10.1 Å². The summed E-state index contributed by atoms with van der Waals surface area (Å²) in [5.74, 6) is -2.24. The number of allylic oxidation sites excluding steroid dienone is 2. The molecule has 7 heteroatoms. The lowest BCUT2D eigenvalue weighted by Crippen LogP contribution is -2.35. The van der Waals surface area contributed by atoms with Gasteiger partial charge in [-0.25, -0.2) is 4.98 Å². The molecule has 112 valence electrons. The third-order valence-electron chi connectivity index (χ3n) is 3.36. The maximum Gasteiger partial charge on any atom is 0.307 e. The van der Waals surface area contributed by atoms with E-state index in [4.69, 9.17) is 4.74 Å². The lowest BCUT2D eigenvalue weighted by molar-refractivity contribution is -0.146. The molecule has 2 rings (SSSR count).